The number of anilines is 1. The first-order chi connectivity index (χ1) is 9.83. The molecule has 0 saturated carbocycles. The van der Waals surface area contributed by atoms with E-state index in [1.165, 1.54) is 26.2 Å². The molecular weight excluding hydrogens is 361 g/mol. The maximum Gasteiger partial charge on any atom is 0.262 e. The van der Waals surface area contributed by atoms with E-state index in [1.807, 2.05) is 0 Å². The fourth-order valence-corrected chi connectivity index (χ4v) is 3.52. The number of hydrogen-bond acceptors (Lipinski definition) is 3. The van der Waals surface area contributed by atoms with Crippen LogP contribution in [0, 0.1) is 12.7 Å². The van der Waals surface area contributed by atoms with Crippen LogP contribution in [0.3, 0.4) is 0 Å². The number of rotatable bonds is 4. The quantitative estimate of drug-likeness (QED) is 0.888. The van der Waals surface area contributed by atoms with E-state index in [1.54, 1.807) is 18.2 Å². The second kappa shape index (κ2) is 6.03. The summed E-state index contributed by atoms with van der Waals surface area (Å²) in [4.78, 5) is 0.0194. The van der Waals surface area contributed by atoms with Gasteiger partial charge in [-0.2, -0.15) is 0 Å². The summed E-state index contributed by atoms with van der Waals surface area (Å²) in [7, 11) is -2.38. The molecule has 0 amide bonds. The zero-order chi connectivity index (χ0) is 15.6. The van der Waals surface area contributed by atoms with Crippen molar-refractivity contribution in [2.45, 2.75) is 11.8 Å². The second-order valence-electron chi connectivity index (χ2n) is 4.36. The lowest BCUT2D eigenvalue weighted by molar-refractivity contribution is 0.417. The Hall–Kier alpha value is -1.60. The number of aryl methyl sites for hydroxylation is 1. The zero-order valence-electron chi connectivity index (χ0n) is 11.4. The van der Waals surface area contributed by atoms with E-state index in [4.69, 9.17) is 4.74 Å². The van der Waals surface area contributed by atoms with Gasteiger partial charge in [-0.15, -0.1) is 0 Å². The highest BCUT2D eigenvalue weighted by Gasteiger charge is 2.19. The molecule has 0 aromatic heterocycles. The van der Waals surface area contributed by atoms with E-state index < -0.39 is 15.8 Å². The molecule has 4 nitrogen and oxygen atoms in total. The van der Waals surface area contributed by atoms with Crippen molar-refractivity contribution < 1.29 is 17.5 Å². The van der Waals surface area contributed by atoms with Crippen molar-refractivity contribution in [1.29, 1.82) is 0 Å². The predicted molar refractivity (Wildman–Crippen MR) is 82.6 cm³/mol. The topological polar surface area (TPSA) is 55.4 Å². The van der Waals surface area contributed by atoms with Crippen LogP contribution in [0.4, 0.5) is 10.1 Å². The van der Waals surface area contributed by atoms with Gasteiger partial charge in [-0.25, -0.2) is 12.8 Å². The van der Waals surface area contributed by atoms with Gasteiger partial charge >= 0.3 is 0 Å². The fraction of sp³-hybridized carbons (Fsp3) is 0.143. The van der Waals surface area contributed by atoms with E-state index in [0.29, 0.717) is 21.5 Å². The number of ether oxygens (including phenoxy) is 1. The normalized spacial score (nSPS) is 11.2. The van der Waals surface area contributed by atoms with E-state index >= 15 is 0 Å². The van der Waals surface area contributed by atoms with Crippen molar-refractivity contribution in [3.05, 3.63) is 52.3 Å². The van der Waals surface area contributed by atoms with Gasteiger partial charge in [-0.3, -0.25) is 4.72 Å². The summed E-state index contributed by atoms with van der Waals surface area (Å²) < 4.78 is 46.2. The van der Waals surface area contributed by atoms with Gasteiger partial charge in [-0.05, 0) is 48.9 Å². The van der Waals surface area contributed by atoms with Gasteiger partial charge in [0, 0.05) is 4.47 Å². The SMILES string of the molecule is COc1ccc(Br)cc1NS(=O)(=O)c1ccc(F)cc1C. The van der Waals surface area contributed by atoms with Crippen molar-refractivity contribution in [3.8, 4) is 5.75 Å². The molecule has 0 aliphatic heterocycles. The molecule has 0 spiro atoms. The molecule has 0 fully saturated rings. The van der Waals surface area contributed by atoms with Crippen molar-refractivity contribution in [2.24, 2.45) is 0 Å². The van der Waals surface area contributed by atoms with Gasteiger partial charge in [0.25, 0.3) is 10.0 Å². The van der Waals surface area contributed by atoms with Gasteiger partial charge in [-0.1, -0.05) is 15.9 Å². The number of hydrogen-bond donors (Lipinski definition) is 1. The average Bonchev–Trinajstić information content (AvgIpc) is 2.37. The van der Waals surface area contributed by atoms with Crippen LogP contribution in [0.15, 0.2) is 45.8 Å². The standard InChI is InChI=1S/C14H13BrFNO3S/c1-9-7-11(16)4-6-14(9)21(18,19)17-12-8-10(15)3-5-13(12)20-2/h3-8,17H,1-2H3. The van der Waals surface area contributed by atoms with Crippen LogP contribution in [-0.2, 0) is 10.0 Å². The highest BCUT2D eigenvalue weighted by Crippen LogP contribution is 2.30. The molecule has 112 valence electrons. The Balaban J connectivity index is 2.44. The first-order valence-electron chi connectivity index (χ1n) is 5.96. The molecule has 2 aromatic rings. The molecule has 0 heterocycles. The molecule has 0 aliphatic rings. The van der Waals surface area contributed by atoms with Crippen molar-refractivity contribution in [2.75, 3.05) is 11.8 Å². The lowest BCUT2D eigenvalue weighted by Crippen LogP contribution is -2.15. The van der Waals surface area contributed by atoms with Gasteiger partial charge in [0.2, 0.25) is 0 Å². The second-order valence-corrected chi connectivity index (χ2v) is 6.93. The van der Waals surface area contributed by atoms with Crippen LogP contribution in [0.2, 0.25) is 0 Å². The lowest BCUT2D eigenvalue weighted by atomic mass is 10.2. The van der Waals surface area contributed by atoms with Crippen LogP contribution < -0.4 is 9.46 Å². The maximum absolute atomic E-state index is 13.1. The van der Waals surface area contributed by atoms with Gasteiger partial charge < -0.3 is 4.74 Å². The minimum absolute atomic E-state index is 0.0194. The lowest BCUT2D eigenvalue weighted by Gasteiger charge is -2.13. The number of sulfonamides is 1. The van der Waals surface area contributed by atoms with Gasteiger partial charge in [0.15, 0.2) is 0 Å². The Morgan fingerprint density at radius 3 is 2.52 bits per heavy atom. The highest BCUT2D eigenvalue weighted by molar-refractivity contribution is 9.10. The van der Waals surface area contributed by atoms with Crippen molar-refractivity contribution in [1.82, 2.24) is 0 Å². The minimum Gasteiger partial charge on any atom is -0.495 e. The molecule has 2 aromatic carbocycles. The Morgan fingerprint density at radius 1 is 1.19 bits per heavy atom. The van der Waals surface area contributed by atoms with Crippen molar-refractivity contribution >= 4 is 31.6 Å². The van der Waals surface area contributed by atoms with E-state index in [0.717, 1.165) is 6.07 Å². The largest absolute Gasteiger partial charge is 0.495 e. The minimum atomic E-state index is -3.83. The van der Waals surface area contributed by atoms with E-state index in [9.17, 15) is 12.8 Å². The summed E-state index contributed by atoms with van der Waals surface area (Å²) >= 11 is 3.27. The predicted octanol–water partition coefficient (Wildman–Crippen LogP) is 3.71. The summed E-state index contributed by atoms with van der Waals surface area (Å²) in [6.07, 6.45) is 0. The van der Waals surface area contributed by atoms with Crippen LogP contribution in [0.1, 0.15) is 5.56 Å². The van der Waals surface area contributed by atoms with Crippen LogP contribution in [-0.4, -0.2) is 15.5 Å². The third-order valence-electron chi connectivity index (χ3n) is 2.83. The summed E-state index contributed by atoms with van der Waals surface area (Å²) in [6.45, 7) is 1.54. The number of nitrogens with one attached hydrogen (secondary N) is 1. The zero-order valence-corrected chi connectivity index (χ0v) is 13.8. The molecule has 1 N–H and O–H groups in total. The van der Waals surface area contributed by atoms with Crippen LogP contribution in [0.5, 0.6) is 5.75 Å². The highest BCUT2D eigenvalue weighted by atomic mass is 79.9. The van der Waals surface area contributed by atoms with Gasteiger partial charge in [0.05, 0.1) is 17.7 Å². The first-order valence-corrected chi connectivity index (χ1v) is 8.23. The van der Waals surface area contributed by atoms with Gasteiger partial charge in [0.1, 0.15) is 11.6 Å². The maximum atomic E-state index is 13.1. The summed E-state index contributed by atoms with van der Waals surface area (Å²) in [5.74, 6) is -0.0898. The van der Waals surface area contributed by atoms with Crippen LogP contribution >= 0.6 is 15.9 Å². The number of methoxy groups -OCH3 is 1. The van der Waals surface area contributed by atoms with E-state index in [2.05, 4.69) is 20.7 Å². The van der Waals surface area contributed by atoms with Crippen LogP contribution in [0.25, 0.3) is 0 Å². The molecular formula is C14H13BrFNO3S. The Bertz CT molecular complexity index is 778. The number of halogens is 2. The molecule has 2 rings (SSSR count). The third kappa shape index (κ3) is 3.54. The molecule has 21 heavy (non-hydrogen) atoms. The molecule has 0 unspecified atom stereocenters. The summed E-state index contributed by atoms with van der Waals surface area (Å²) in [5.41, 5.74) is 0.632. The smallest absolute Gasteiger partial charge is 0.262 e. The molecule has 0 saturated heterocycles. The molecule has 0 aliphatic carbocycles. The summed E-state index contributed by atoms with van der Waals surface area (Å²) in [5, 5.41) is 0. The Kier molecular flexibility index (Phi) is 4.53. The van der Waals surface area contributed by atoms with Crippen molar-refractivity contribution in [3.63, 3.8) is 0 Å². The molecule has 7 heteroatoms. The monoisotopic (exact) mass is 373 g/mol. The first kappa shape index (κ1) is 15.8. The Morgan fingerprint density at radius 2 is 1.90 bits per heavy atom. The average molecular weight is 374 g/mol. The van der Waals surface area contributed by atoms with E-state index in [-0.39, 0.29) is 4.90 Å². The molecule has 0 bridgehead atoms. The molecule has 0 atom stereocenters. The molecule has 0 radical (unpaired) electrons. The third-order valence-corrected chi connectivity index (χ3v) is 4.85. The summed E-state index contributed by atoms with van der Waals surface area (Å²) in [6, 6.07) is 8.48. The number of benzene rings is 2. The fourth-order valence-electron chi connectivity index (χ4n) is 1.87. The Labute approximate surface area is 131 Å².